The van der Waals surface area contributed by atoms with E-state index in [2.05, 4.69) is 5.32 Å². The van der Waals surface area contributed by atoms with E-state index < -0.39 is 6.03 Å². The maximum atomic E-state index is 13.6. The minimum absolute atomic E-state index is 0.0939. The number of carbonyl (C=O) groups excluding carboxylic acids is 2. The van der Waals surface area contributed by atoms with Crippen LogP contribution in [0.25, 0.3) is 0 Å². The fraction of sp³-hybridized carbons (Fsp3) is 0.379. The summed E-state index contributed by atoms with van der Waals surface area (Å²) in [6, 6.07) is 16.5. The number of nitrogens with zero attached hydrogens (tertiary/aromatic N) is 2. The number of anilines is 1. The summed E-state index contributed by atoms with van der Waals surface area (Å²) in [5.41, 5.74) is 1.56. The third-order valence-corrected chi connectivity index (χ3v) is 6.87. The smallest absolute Gasteiger partial charge is 0.322 e. The number of nitrogens with one attached hydrogen (secondary N) is 1. The fourth-order valence-corrected chi connectivity index (χ4v) is 4.66. The molecular formula is C29H37N3O6S. The number of para-hydroxylation sites is 2. The first-order chi connectivity index (χ1) is 19.0. The normalized spacial score (nSPS) is 10.6. The summed E-state index contributed by atoms with van der Waals surface area (Å²) in [5, 5.41) is 4.87. The molecule has 0 saturated heterocycles. The van der Waals surface area contributed by atoms with Gasteiger partial charge in [-0.15, -0.1) is 11.3 Å². The molecular weight excluding hydrogens is 518 g/mol. The quantitative estimate of drug-likeness (QED) is 0.287. The minimum Gasteiger partial charge on any atom is -0.493 e. The van der Waals surface area contributed by atoms with Crippen molar-refractivity contribution in [1.29, 1.82) is 0 Å². The fourth-order valence-electron chi connectivity index (χ4n) is 3.95. The van der Waals surface area contributed by atoms with Crippen molar-refractivity contribution in [3.63, 3.8) is 0 Å². The highest BCUT2D eigenvalue weighted by Gasteiger charge is 2.23. The maximum Gasteiger partial charge on any atom is 0.322 e. The van der Waals surface area contributed by atoms with Crippen molar-refractivity contribution in [2.24, 2.45) is 0 Å². The first kappa shape index (κ1) is 29.8. The van der Waals surface area contributed by atoms with Gasteiger partial charge in [0.1, 0.15) is 12.3 Å². The van der Waals surface area contributed by atoms with Gasteiger partial charge in [0.25, 0.3) is 0 Å². The van der Waals surface area contributed by atoms with Gasteiger partial charge in [0, 0.05) is 25.1 Å². The van der Waals surface area contributed by atoms with E-state index in [9.17, 15) is 9.59 Å². The predicted octanol–water partition coefficient (Wildman–Crippen LogP) is 4.92. The largest absolute Gasteiger partial charge is 0.493 e. The number of ether oxygens (including phenoxy) is 4. The zero-order valence-corrected chi connectivity index (χ0v) is 23.8. The zero-order chi connectivity index (χ0) is 28.0. The van der Waals surface area contributed by atoms with E-state index >= 15 is 0 Å². The number of thiophene rings is 1. The van der Waals surface area contributed by atoms with Crippen LogP contribution in [-0.4, -0.2) is 75.9 Å². The molecule has 0 fully saturated rings. The molecule has 0 atom stereocenters. The topological polar surface area (TPSA) is 89.6 Å². The number of urea groups is 1. The molecule has 39 heavy (non-hydrogen) atoms. The van der Waals surface area contributed by atoms with Crippen molar-refractivity contribution < 1.29 is 28.5 Å². The number of methoxy groups -OCH3 is 3. The van der Waals surface area contributed by atoms with Gasteiger partial charge >= 0.3 is 6.03 Å². The van der Waals surface area contributed by atoms with Gasteiger partial charge in [-0.25, -0.2) is 4.79 Å². The molecule has 0 aliphatic rings. The molecule has 0 aliphatic heterocycles. The number of hydrogen-bond acceptors (Lipinski definition) is 7. The standard InChI is InChI=1S/C29H37N3O6S/c1-5-38-25-11-7-6-10-24(25)30-29(34)32(16-17-35-2)21-28(33)31(20-23-9-8-18-39-23)15-14-22-12-13-26(36-3)27(19-22)37-4/h6-13,18-19H,5,14-17,20-21H2,1-4H3,(H,30,34). The summed E-state index contributed by atoms with van der Waals surface area (Å²) < 4.78 is 21.6. The average molecular weight is 556 g/mol. The second-order valence-electron chi connectivity index (χ2n) is 8.61. The van der Waals surface area contributed by atoms with Crippen molar-refractivity contribution in [2.45, 2.75) is 19.9 Å². The lowest BCUT2D eigenvalue weighted by Gasteiger charge is -2.28. The molecule has 0 radical (unpaired) electrons. The minimum atomic E-state index is -0.400. The predicted molar refractivity (Wildman–Crippen MR) is 153 cm³/mol. The van der Waals surface area contributed by atoms with Crippen LogP contribution in [0.15, 0.2) is 60.0 Å². The Balaban J connectivity index is 1.75. The molecule has 9 nitrogen and oxygen atoms in total. The average Bonchev–Trinajstić information content (AvgIpc) is 3.47. The van der Waals surface area contributed by atoms with E-state index in [-0.39, 0.29) is 19.0 Å². The monoisotopic (exact) mass is 555 g/mol. The van der Waals surface area contributed by atoms with Crippen molar-refractivity contribution in [3.05, 3.63) is 70.4 Å². The Morgan fingerprint density at radius 1 is 0.897 bits per heavy atom. The Labute approximate surface area is 234 Å². The van der Waals surface area contributed by atoms with Crippen LogP contribution in [0, 0.1) is 0 Å². The molecule has 1 aromatic heterocycles. The summed E-state index contributed by atoms with van der Waals surface area (Å²) in [7, 11) is 4.76. The maximum absolute atomic E-state index is 13.6. The van der Waals surface area contributed by atoms with Crippen LogP contribution in [0.4, 0.5) is 10.5 Å². The third kappa shape index (κ3) is 8.90. The first-order valence-corrected chi connectivity index (χ1v) is 13.6. The summed E-state index contributed by atoms with van der Waals surface area (Å²) >= 11 is 1.59. The Hall–Kier alpha value is -3.76. The molecule has 2 aromatic carbocycles. The molecule has 0 unspecified atom stereocenters. The molecule has 3 aromatic rings. The lowest BCUT2D eigenvalue weighted by molar-refractivity contribution is -0.132. The van der Waals surface area contributed by atoms with Gasteiger partial charge in [0.2, 0.25) is 5.91 Å². The van der Waals surface area contributed by atoms with Crippen molar-refractivity contribution in [3.8, 4) is 17.2 Å². The van der Waals surface area contributed by atoms with Gasteiger partial charge in [0.05, 0.1) is 39.7 Å². The summed E-state index contributed by atoms with van der Waals surface area (Å²) in [4.78, 5) is 31.2. The van der Waals surface area contributed by atoms with Gasteiger partial charge in [-0.05, 0) is 54.6 Å². The summed E-state index contributed by atoms with van der Waals surface area (Å²) in [6.07, 6.45) is 0.615. The number of rotatable bonds is 15. The van der Waals surface area contributed by atoms with Crippen LogP contribution < -0.4 is 19.5 Å². The Kier molecular flexibility index (Phi) is 11.9. The molecule has 3 rings (SSSR count). The lowest BCUT2D eigenvalue weighted by Crippen LogP contribution is -2.46. The Morgan fingerprint density at radius 2 is 1.69 bits per heavy atom. The van der Waals surface area contributed by atoms with E-state index in [0.29, 0.717) is 55.7 Å². The van der Waals surface area contributed by atoms with E-state index in [1.165, 1.54) is 4.90 Å². The Bertz CT molecular complexity index is 1190. The van der Waals surface area contributed by atoms with Gasteiger partial charge in [0.15, 0.2) is 11.5 Å². The van der Waals surface area contributed by atoms with E-state index in [1.54, 1.807) is 49.7 Å². The number of carbonyl (C=O) groups is 2. The van der Waals surface area contributed by atoms with Crippen LogP contribution >= 0.6 is 11.3 Å². The molecule has 0 aliphatic carbocycles. The van der Waals surface area contributed by atoms with Gasteiger partial charge in [-0.1, -0.05) is 24.3 Å². The number of benzene rings is 2. The molecule has 0 saturated carbocycles. The lowest BCUT2D eigenvalue weighted by atomic mass is 10.1. The second-order valence-corrected chi connectivity index (χ2v) is 9.64. The number of amides is 3. The molecule has 1 heterocycles. The molecule has 0 spiro atoms. The van der Waals surface area contributed by atoms with Crippen molar-refractivity contribution in [1.82, 2.24) is 9.80 Å². The van der Waals surface area contributed by atoms with Crippen LogP contribution in [0.1, 0.15) is 17.4 Å². The molecule has 1 N–H and O–H groups in total. The molecule has 10 heteroatoms. The third-order valence-electron chi connectivity index (χ3n) is 6.01. The van der Waals surface area contributed by atoms with E-state index in [0.717, 1.165) is 10.4 Å². The van der Waals surface area contributed by atoms with Crippen LogP contribution in [0.3, 0.4) is 0 Å². The number of hydrogen-bond donors (Lipinski definition) is 1. The van der Waals surface area contributed by atoms with Crippen molar-refractivity contribution >= 4 is 29.0 Å². The summed E-state index contributed by atoms with van der Waals surface area (Å²) in [5.74, 6) is 1.70. The SMILES string of the molecule is CCOc1ccccc1NC(=O)N(CCOC)CC(=O)N(CCc1ccc(OC)c(OC)c1)Cc1cccs1. The van der Waals surface area contributed by atoms with Crippen LogP contribution in [0.5, 0.6) is 17.2 Å². The van der Waals surface area contributed by atoms with E-state index in [1.807, 2.05) is 54.8 Å². The molecule has 3 amide bonds. The molecule has 0 bridgehead atoms. The van der Waals surface area contributed by atoms with Crippen molar-refractivity contribution in [2.75, 3.05) is 59.5 Å². The van der Waals surface area contributed by atoms with E-state index in [4.69, 9.17) is 18.9 Å². The highest BCUT2D eigenvalue weighted by molar-refractivity contribution is 7.09. The van der Waals surface area contributed by atoms with Gasteiger partial charge in [-0.3, -0.25) is 4.79 Å². The highest BCUT2D eigenvalue weighted by atomic mass is 32.1. The Morgan fingerprint density at radius 3 is 2.38 bits per heavy atom. The van der Waals surface area contributed by atoms with Crippen LogP contribution in [0.2, 0.25) is 0 Å². The molecule has 210 valence electrons. The first-order valence-electron chi connectivity index (χ1n) is 12.8. The van der Waals surface area contributed by atoms with Crippen LogP contribution in [-0.2, 0) is 22.5 Å². The second kappa shape index (κ2) is 15.6. The highest BCUT2D eigenvalue weighted by Crippen LogP contribution is 2.28. The van der Waals surface area contributed by atoms with Gasteiger partial charge in [-0.2, -0.15) is 0 Å². The van der Waals surface area contributed by atoms with Gasteiger partial charge < -0.3 is 34.1 Å². The summed E-state index contributed by atoms with van der Waals surface area (Å²) in [6.45, 7) is 3.74. The zero-order valence-electron chi connectivity index (χ0n) is 23.0.